The highest BCUT2D eigenvalue weighted by molar-refractivity contribution is 5.75. The third kappa shape index (κ3) is 2.91. The van der Waals surface area contributed by atoms with Gasteiger partial charge in [0.25, 0.3) is 0 Å². The van der Waals surface area contributed by atoms with E-state index in [0.717, 1.165) is 6.42 Å². The Kier molecular flexibility index (Phi) is 2.85. The molecular weight excluding hydrogens is 180 g/mol. The second kappa shape index (κ2) is 3.57. The lowest BCUT2D eigenvalue weighted by Crippen LogP contribution is -2.40. The molecule has 1 fully saturated rings. The Balaban J connectivity index is 2.14. The van der Waals surface area contributed by atoms with Crippen molar-refractivity contribution in [3.63, 3.8) is 0 Å². The van der Waals surface area contributed by atoms with Crippen LogP contribution in [0, 0.1) is 11.8 Å². The minimum atomic E-state index is -3.64. The molecule has 2 N–H and O–H groups in total. The van der Waals surface area contributed by atoms with Gasteiger partial charge in [0.05, 0.1) is 6.54 Å². The lowest BCUT2D eigenvalue weighted by Gasteiger charge is -2.11. The van der Waals surface area contributed by atoms with Gasteiger partial charge in [-0.1, -0.05) is 6.92 Å². The molecule has 0 saturated heterocycles. The van der Waals surface area contributed by atoms with E-state index < -0.39 is 18.4 Å². The zero-order valence-corrected chi connectivity index (χ0v) is 7.39. The lowest BCUT2D eigenvalue weighted by atomic mass is 10.3. The SMILES string of the molecule is CC1CC1CNCC(F)(F)C(=O)O. The second-order valence-electron chi connectivity index (χ2n) is 3.61. The van der Waals surface area contributed by atoms with E-state index in [0.29, 0.717) is 18.4 Å². The van der Waals surface area contributed by atoms with Crippen LogP contribution in [0.15, 0.2) is 0 Å². The van der Waals surface area contributed by atoms with Crippen molar-refractivity contribution in [2.24, 2.45) is 11.8 Å². The van der Waals surface area contributed by atoms with Gasteiger partial charge in [-0.05, 0) is 24.8 Å². The molecule has 1 aliphatic carbocycles. The predicted octanol–water partition coefficient (Wildman–Crippen LogP) is 0.952. The number of alkyl halides is 2. The van der Waals surface area contributed by atoms with E-state index in [-0.39, 0.29) is 0 Å². The summed E-state index contributed by atoms with van der Waals surface area (Å²) in [7, 11) is 0. The first-order chi connectivity index (χ1) is 5.93. The Morgan fingerprint density at radius 2 is 2.23 bits per heavy atom. The summed E-state index contributed by atoms with van der Waals surface area (Å²) in [6, 6.07) is 0. The number of rotatable bonds is 5. The number of hydrogen-bond acceptors (Lipinski definition) is 2. The van der Waals surface area contributed by atoms with E-state index in [1.807, 2.05) is 6.92 Å². The average molecular weight is 193 g/mol. The van der Waals surface area contributed by atoms with Crippen LogP contribution in [0.1, 0.15) is 13.3 Å². The summed E-state index contributed by atoms with van der Waals surface area (Å²) in [6.45, 7) is 1.76. The maximum atomic E-state index is 12.5. The molecule has 1 rings (SSSR count). The van der Waals surface area contributed by atoms with Gasteiger partial charge >= 0.3 is 11.9 Å². The predicted molar refractivity (Wildman–Crippen MR) is 42.7 cm³/mol. The lowest BCUT2D eigenvalue weighted by molar-refractivity contribution is -0.164. The zero-order valence-electron chi connectivity index (χ0n) is 7.39. The van der Waals surface area contributed by atoms with Gasteiger partial charge in [-0.3, -0.25) is 0 Å². The maximum Gasteiger partial charge on any atom is 0.375 e. The summed E-state index contributed by atoms with van der Waals surface area (Å²) >= 11 is 0. The van der Waals surface area contributed by atoms with E-state index in [4.69, 9.17) is 5.11 Å². The summed E-state index contributed by atoms with van der Waals surface area (Å²) in [6.07, 6.45) is 1.05. The summed E-state index contributed by atoms with van der Waals surface area (Å²) in [4.78, 5) is 9.99. The normalized spacial score (nSPS) is 27.3. The monoisotopic (exact) mass is 193 g/mol. The summed E-state index contributed by atoms with van der Waals surface area (Å²) in [5, 5.41) is 10.6. The standard InChI is InChI=1S/C8H13F2NO2/c1-5-2-6(5)3-11-4-8(9,10)7(12)13/h5-6,11H,2-4H2,1H3,(H,12,13). The van der Waals surface area contributed by atoms with Crippen molar-refractivity contribution in [3.8, 4) is 0 Å². The molecule has 76 valence electrons. The molecule has 3 nitrogen and oxygen atoms in total. The number of carbonyl (C=O) groups is 1. The molecule has 2 unspecified atom stereocenters. The number of aliphatic carboxylic acids is 1. The van der Waals surface area contributed by atoms with E-state index in [1.165, 1.54) is 0 Å². The van der Waals surface area contributed by atoms with Gasteiger partial charge < -0.3 is 10.4 Å². The molecule has 0 aromatic carbocycles. The molecule has 0 heterocycles. The average Bonchev–Trinajstić information content (AvgIpc) is 2.66. The first-order valence-corrected chi connectivity index (χ1v) is 4.25. The van der Waals surface area contributed by atoms with Crippen LogP contribution in [0.3, 0.4) is 0 Å². The summed E-state index contributed by atoms with van der Waals surface area (Å²) in [5.41, 5.74) is 0. The van der Waals surface area contributed by atoms with Crippen LogP contribution in [-0.2, 0) is 4.79 Å². The molecule has 1 aliphatic rings. The van der Waals surface area contributed by atoms with Crippen LogP contribution in [-0.4, -0.2) is 30.1 Å². The van der Waals surface area contributed by atoms with Gasteiger partial charge in [0, 0.05) is 0 Å². The summed E-state index contributed by atoms with van der Waals surface area (Å²) in [5.74, 6) is -4.67. The molecule has 0 spiro atoms. The zero-order chi connectivity index (χ0) is 10.1. The fourth-order valence-corrected chi connectivity index (χ4v) is 1.17. The summed E-state index contributed by atoms with van der Waals surface area (Å²) < 4.78 is 24.9. The second-order valence-corrected chi connectivity index (χ2v) is 3.61. The number of nitrogens with one attached hydrogen (secondary N) is 1. The first-order valence-electron chi connectivity index (χ1n) is 4.25. The topological polar surface area (TPSA) is 49.3 Å². The van der Waals surface area contributed by atoms with Gasteiger partial charge in [-0.2, -0.15) is 8.78 Å². The number of carboxylic acid groups (broad SMARTS) is 1. The Labute approximate surface area is 75.1 Å². The molecule has 0 aromatic heterocycles. The van der Waals surface area contributed by atoms with E-state index in [2.05, 4.69) is 5.32 Å². The maximum absolute atomic E-state index is 12.5. The molecule has 0 amide bonds. The van der Waals surface area contributed by atoms with Crippen LogP contribution in [0.25, 0.3) is 0 Å². The largest absolute Gasteiger partial charge is 0.477 e. The van der Waals surface area contributed by atoms with Crippen molar-refractivity contribution >= 4 is 5.97 Å². The van der Waals surface area contributed by atoms with Crippen LogP contribution in [0.2, 0.25) is 0 Å². The van der Waals surface area contributed by atoms with Crippen LogP contribution in [0.5, 0.6) is 0 Å². The first kappa shape index (κ1) is 10.4. The van der Waals surface area contributed by atoms with Gasteiger partial charge in [-0.15, -0.1) is 0 Å². The molecule has 0 aliphatic heterocycles. The molecular formula is C8H13F2NO2. The highest BCUT2D eigenvalue weighted by Gasteiger charge is 2.39. The third-order valence-corrected chi connectivity index (χ3v) is 2.34. The van der Waals surface area contributed by atoms with Gasteiger partial charge in [0.15, 0.2) is 0 Å². The van der Waals surface area contributed by atoms with Crippen molar-refractivity contribution in [1.82, 2.24) is 5.32 Å². The molecule has 2 atom stereocenters. The van der Waals surface area contributed by atoms with E-state index in [1.54, 1.807) is 0 Å². The van der Waals surface area contributed by atoms with Gasteiger partial charge in [-0.25, -0.2) is 4.79 Å². The Morgan fingerprint density at radius 3 is 2.62 bits per heavy atom. The van der Waals surface area contributed by atoms with Crippen molar-refractivity contribution < 1.29 is 18.7 Å². The Hall–Kier alpha value is -0.710. The quantitative estimate of drug-likeness (QED) is 0.683. The smallest absolute Gasteiger partial charge is 0.375 e. The van der Waals surface area contributed by atoms with E-state index >= 15 is 0 Å². The van der Waals surface area contributed by atoms with Crippen molar-refractivity contribution in [2.75, 3.05) is 13.1 Å². The Bertz CT molecular complexity index is 208. The van der Waals surface area contributed by atoms with Crippen LogP contribution >= 0.6 is 0 Å². The molecule has 13 heavy (non-hydrogen) atoms. The minimum absolute atomic E-state index is 0.449. The fraction of sp³-hybridized carbons (Fsp3) is 0.875. The highest BCUT2D eigenvalue weighted by atomic mass is 19.3. The molecule has 5 heteroatoms. The molecule has 0 bridgehead atoms. The van der Waals surface area contributed by atoms with Crippen molar-refractivity contribution in [1.29, 1.82) is 0 Å². The van der Waals surface area contributed by atoms with E-state index in [9.17, 15) is 13.6 Å². The number of carboxylic acids is 1. The number of hydrogen-bond donors (Lipinski definition) is 2. The van der Waals surface area contributed by atoms with Crippen LogP contribution < -0.4 is 5.32 Å². The Morgan fingerprint density at radius 1 is 1.69 bits per heavy atom. The molecule has 0 radical (unpaired) electrons. The highest BCUT2D eigenvalue weighted by Crippen LogP contribution is 2.36. The van der Waals surface area contributed by atoms with Crippen LogP contribution in [0.4, 0.5) is 8.78 Å². The van der Waals surface area contributed by atoms with Gasteiger partial charge in [0.1, 0.15) is 0 Å². The molecule has 0 aromatic rings. The number of halogens is 2. The van der Waals surface area contributed by atoms with Crippen molar-refractivity contribution in [3.05, 3.63) is 0 Å². The fourth-order valence-electron chi connectivity index (χ4n) is 1.17. The molecule has 1 saturated carbocycles. The van der Waals surface area contributed by atoms with Crippen molar-refractivity contribution in [2.45, 2.75) is 19.3 Å². The van der Waals surface area contributed by atoms with Gasteiger partial charge in [0.2, 0.25) is 0 Å². The minimum Gasteiger partial charge on any atom is -0.477 e. The third-order valence-electron chi connectivity index (χ3n) is 2.34.